The predicted molar refractivity (Wildman–Crippen MR) is 101 cm³/mol. The molecule has 0 saturated carbocycles. The van der Waals surface area contributed by atoms with E-state index in [9.17, 15) is 13.2 Å². The second-order valence-corrected chi connectivity index (χ2v) is 9.17. The van der Waals surface area contributed by atoms with Gasteiger partial charge in [0.25, 0.3) is 10.0 Å². The summed E-state index contributed by atoms with van der Waals surface area (Å²) in [6, 6.07) is 13.1. The molecule has 1 aromatic carbocycles. The molecule has 1 aromatic heterocycles. The zero-order valence-corrected chi connectivity index (χ0v) is 16.2. The molecule has 2 heterocycles. The standard InChI is InChI=1S/C18H22N2O4S2/c1-2-15-8-9-18(25-15)26(22,23)19-12-17(21)20-10-11-24-16(13-20)14-6-4-3-5-7-14/h3-9,16,19H,2,10-13H2,1H3/t16-/m1/s1. The highest BCUT2D eigenvalue weighted by Gasteiger charge is 2.26. The summed E-state index contributed by atoms with van der Waals surface area (Å²) in [4.78, 5) is 15.1. The van der Waals surface area contributed by atoms with Gasteiger partial charge in [-0.05, 0) is 24.1 Å². The summed E-state index contributed by atoms with van der Waals surface area (Å²) in [5, 5.41) is 0. The Kier molecular flexibility index (Phi) is 6.08. The minimum absolute atomic E-state index is 0.185. The number of rotatable bonds is 6. The number of carbonyl (C=O) groups is 1. The van der Waals surface area contributed by atoms with Crippen LogP contribution in [0.25, 0.3) is 0 Å². The second-order valence-electron chi connectivity index (χ2n) is 6.01. The van der Waals surface area contributed by atoms with E-state index >= 15 is 0 Å². The van der Waals surface area contributed by atoms with Crippen LogP contribution < -0.4 is 4.72 Å². The number of benzene rings is 1. The van der Waals surface area contributed by atoms with Crippen molar-refractivity contribution in [3.05, 3.63) is 52.9 Å². The predicted octanol–water partition coefficient (Wildman–Crippen LogP) is 2.19. The molecule has 1 amide bonds. The van der Waals surface area contributed by atoms with Gasteiger partial charge in [-0.1, -0.05) is 37.3 Å². The second kappa shape index (κ2) is 8.30. The molecule has 140 valence electrons. The van der Waals surface area contributed by atoms with Crippen LogP contribution in [-0.4, -0.2) is 45.5 Å². The van der Waals surface area contributed by atoms with Gasteiger partial charge >= 0.3 is 0 Å². The Labute approximate surface area is 157 Å². The molecule has 0 aliphatic carbocycles. The number of morpholine rings is 1. The van der Waals surface area contributed by atoms with Crippen LogP contribution in [0.1, 0.15) is 23.5 Å². The van der Waals surface area contributed by atoms with Gasteiger partial charge in [0, 0.05) is 11.4 Å². The third-order valence-corrected chi connectivity index (χ3v) is 7.38. The third kappa shape index (κ3) is 4.50. The van der Waals surface area contributed by atoms with Gasteiger partial charge in [0.05, 0.1) is 19.7 Å². The minimum atomic E-state index is -3.66. The van der Waals surface area contributed by atoms with Gasteiger partial charge in [0.2, 0.25) is 5.91 Å². The topological polar surface area (TPSA) is 75.7 Å². The number of hydrogen-bond donors (Lipinski definition) is 1. The molecular weight excluding hydrogens is 372 g/mol. The lowest BCUT2D eigenvalue weighted by Crippen LogP contribution is -2.46. The van der Waals surface area contributed by atoms with E-state index in [4.69, 9.17) is 4.74 Å². The summed E-state index contributed by atoms with van der Waals surface area (Å²) in [6.07, 6.45) is 0.600. The molecular formula is C18H22N2O4S2. The smallest absolute Gasteiger partial charge is 0.250 e. The molecule has 3 rings (SSSR count). The first-order valence-corrected chi connectivity index (χ1v) is 10.8. The Bertz CT molecular complexity index is 849. The lowest BCUT2D eigenvalue weighted by molar-refractivity contribution is -0.137. The molecule has 0 radical (unpaired) electrons. The van der Waals surface area contributed by atoms with E-state index in [0.29, 0.717) is 19.7 Å². The Morgan fingerprint density at radius 3 is 2.73 bits per heavy atom. The van der Waals surface area contributed by atoms with Gasteiger partial charge in [-0.25, -0.2) is 13.1 Å². The number of nitrogens with zero attached hydrogens (tertiary/aromatic N) is 1. The van der Waals surface area contributed by atoms with Gasteiger partial charge in [-0.15, -0.1) is 11.3 Å². The third-order valence-electron chi connectivity index (χ3n) is 4.25. The van der Waals surface area contributed by atoms with E-state index in [0.717, 1.165) is 16.9 Å². The molecule has 0 unspecified atom stereocenters. The van der Waals surface area contributed by atoms with Crippen molar-refractivity contribution in [3.63, 3.8) is 0 Å². The summed E-state index contributed by atoms with van der Waals surface area (Å²) < 4.78 is 33.1. The van der Waals surface area contributed by atoms with Crippen molar-refractivity contribution >= 4 is 27.3 Å². The Balaban J connectivity index is 1.59. The normalized spacial score (nSPS) is 18.0. The summed E-state index contributed by atoms with van der Waals surface area (Å²) in [5.74, 6) is -0.245. The number of carbonyl (C=O) groups excluding carboxylic acids is 1. The molecule has 8 heteroatoms. The number of hydrogen-bond acceptors (Lipinski definition) is 5. The molecule has 0 bridgehead atoms. The van der Waals surface area contributed by atoms with Crippen LogP contribution in [0, 0.1) is 0 Å². The maximum absolute atomic E-state index is 12.5. The minimum Gasteiger partial charge on any atom is -0.370 e. The molecule has 26 heavy (non-hydrogen) atoms. The van der Waals surface area contributed by atoms with Crippen LogP contribution in [0.2, 0.25) is 0 Å². The summed E-state index contributed by atoms with van der Waals surface area (Å²) in [7, 11) is -3.66. The van der Waals surface area contributed by atoms with Crippen molar-refractivity contribution in [2.24, 2.45) is 0 Å². The average molecular weight is 395 g/mol. The number of aryl methyl sites for hydroxylation is 1. The Morgan fingerprint density at radius 2 is 2.04 bits per heavy atom. The van der Waals surface area contributed by atoms with Gasteiger partial charge in [-0.2, -0.15) is 0 Å². The first-order chi connectivity index (χ1) is 12.5. The molecule has 6 nitrogen and oxygen atoms in total. The molecule has 2 aromatic rings. The highest BCUT2D eigenvalue weighted by molar-refractivity contribution is 7.91. The maximum atomic E-state index is 12.5. The van der Waals surface area contributed by atoms with Gasteiger partial charge < -0.3 is 9.64 Å². The Hall–Kier alpha value is -1.74. The summed E-state index contributed by atoms with van der Waals surface area (Å²) >= 11 is 1.23. The monoisotopic (exact) mass is 394 g/mol. The highest BCUT2D eigenvalue weighted by atomic mass is 32.2. The Morgan fingerprint density at radius 1 is 1.27 bits per heavy atom. The largest absolute Gasteiger partial charge is 0.370 e. The molecule has 1 atom stereocenters. The fourth-order valence-electron chi connectivity index (χ4n) is 2.78. The molecule has 0 spiro atoms. The molecule has 1 saturated heterocycles. The van der Waals surface area contributed by atoms with Crippen LogP contribution >= 0.6 is 11.3 Å². The van der Waals surface area contributed by atoms with E-state index in [1.807, 2.05) is 37.3 Å². The zero-order valence-electron chi connectivity index (χ0n) is 14.6. The van der Waals surface area contributed by atoms with Crippen molar-refractivity contribution < 1.29 is 17.9 Å². The first-order valence-electron chi connectivity index (χ1n) is 8.52. The average Bonchev–Trinajstić information content (AvgIpc) is 3.17. The van der Waals surface area contributed by atoms with Crippen LogP contribution in [0.5, 0.6) is 0 Å². The van der Waals surface area contributed by atoms with Gasteiger partial charge in [0.15, 0.2) is 0 Å². The number of ether oxygens (including phenoxy) is 1. The number of sulfonamides is 1. The quantitative estimate of drug-likeness (QED) is 0.815. The lowest BCUT2D eigenvalue weighted by Gasteiger charge is -2.33. The van der Waals surface area contributed by atoms with Crippen molar-refractivity contribution in [2.45, 2.75) is 23.7 Å². The fraction of sp³-hybridized carbons (Fsp3) is 0.389. The van der Waals surface area contributed by atoms with E-state index < -0.39 is 10.0 Å². The maximum Gasteiger partial charge on any atom is 0.250 e. The molecule has 1 fully saturated rings. The fourth-order valence-corrected chi connectivity index (χ4v) is 5.09. The lowest BCUT2D eigenvalue weighted by atomic mass is 10.1. The molecule has 1 aliphatic rings. The van der Waals surface area contributed by atoms with Crippen LogP contribution in [-0.2, 0) is 26.0 Å². The SMILES string of the molecule is CCc1ccc(S(=O)(=O)NCC(=O)N2CCO[C@@H](c3ccccc3)C2)s1. The zero-order chi connectivity index (χ0) is 18.6. The van der Waals surface area contributed by atoms with E-state index in [1.54, 1.807) is 17.0 Å². The summed E-state index contributed by atoms with van der Waals surface area (Å²) in [5.41, 5.74) is 1.01. The molecule has 1 N–H and O–H groups in total. The van der Waals surface area contributed by atoms with Gasteiger partial charge in [0.1, 0.15) is 10.3 Å². The van der Waals surface area contributed by atoms with Crippen LogP contribution in [0.15, 0.2) is 46.7 Å². The van der Waals surface area contributed by atoms with E-state index in [-0.39, 0.29) is 22.8 Å². The van der Waals surface area contributed by atoms with Crippen molar-refractivity contribution in [1.82, 2.24) is 9.62 Å². The number of nitrogens with one attached hydrogen (secondary N) is 1. The summed E-state index contributed by atoms with van der Waals surface area (Å²) in [6.45, 7) is 3.04. The van der Waals surface area contributed by atoms with Crippen molar-refractivity contribution in [1.29, 1.82) is 0 Å². The first kappa shape index (κ1) is 19.0. The highest BCUT2D eigenvalue weighted by Crippen LogP contribution is 2.23. The van der Waals surface area contributed by atoms with Crippen LogP contribution in [0.3, 0.4) is 0 Å². The number of thiophene rings is 1. The van der Waals surface area contributed by atoms with E-state index in [1.165, 1.54) is 11.3 Å². The van der Waals surface area contributed by atoms with Gasteiger partial charge in [-0.3, -0.25) is 4.79 Å². The number of amides is 1. The van der Waals surface area contributed by atoms with Crippen molar-refractivity contribution in [3.8, 4) is 0 Å². The van der Waals surface area contributed by atoms with E-state index in [2.05, 4.69) is 4.72 Å². The van der Waals surface area contributed by atoms with Crippen LogP contribution in [0.4, 0.5) is 0 Å². The van der Waals surface area contributed by atoms with Crippen molar-refractivity contribution in [2.75, 3.05) is 26.2 Å². The molecule has 1 aliphatic heterocycles.